The van der Waals surface area contributed by atoms with Crippen molar-refractivity contribution in [1.29, 1.82) is 0 Å². The monoisotopic (exact) mass is 418 g/mol. The van der Waals surface area contributed by atoms with Gasteiger partial charge in [-0.05, 0) is 72.8 Å². The Labute approximate surface area is 159 Å². The van der Waals surface area contributed by atoms with E-state index in [1.807, 2.05) is 31.2 Å². The van der Waals surface area contributed by atoms with Gasteiger partial charge in [-0.3, -0.25) is 4.79 Å². The molecule has 1 fully saturated rings. The number of amides is 1. The predicted molar refractivity (Wildman–Crippen MR) is 104 cm³/mol. The fourth-order valence-corrected chi connectivity index (χ4v) is 3.33. The first kappa shape index (κ1) is 21.3. The van der Waals surface area contributed by atoms with Crippen LogP contribution >= 0.6 is 28.3 Å². The van der Waals surface area contributed by atoms with Gasteiger partial charge in [0.1, 0.15) is 11.9 Å². The Hall–Kier alpha value is -0.780. The van der Waals surface area contributed by atoms with Crippen molar-refractivity contribution >= 4 is 34.2 Å². The van der Waals surface area contributed by atoms with Crippen LogP contribution in [-0.2, 0) is 4.79 Å². The molecule has 1 aliphatic rings. The van der Waals surface area contributed by atoms with E-state index in [0.717, 1.165) is 23.3 Å². The first-order valence-electron chi connectivity index (χ1n) is 8.45. The fourth-order valence-electron chi connectivity index (χ4n) is 2.95. The number of carbonyl (C=O) groups is 1. The third kappa shape index (κ3) is 6.99. The molecule has 1 heterocycles. The lowest BCUT2D eigenvalue weighted by molar-refractivity contribution is -0.122. The van der Waals surface area contributed by atoms with E-state index in [-0.39, 0.29) is 24.4 Å². The van der Waals surface area contributed by atoms with Crippen molar-refractivity contribution in [3.63, 3.8) is 0 Å². The number of piperidine rings is 1. The molecule has 0 aliphatic carbocycles. The Morgan fingerprint density at radius 2 is 2.17 bits per heavy atom. The quantitative estimate of drug-likeness (QED) is 0.707. The minimum atomic E-state index is -0.0655. The van der Waals surface area contributed by atoms with Gasteiger partial charge in [-0.2, -0.15) is 0 Å². The predicted octanol–water partition coefficient (Wildman–Crippen LogP) is 3.78. The van der Waals surface area contributed by atoms with Gasteiger partial charge in [0.25, 0.3) is 0 Å². The largest absolute Gasteiger partial charge is 0.488 e. The summed E-state index contributed by atoms with van der Waals surface area (Å²) in [4.78, 5) is 12.1. The second-order valence-corrected chi connectivity index (χ2v) is 7.31. The molecule has 6 heteroatoms. The number of hydrogen-bond acceptors (Lipinski definition) is 3. The fraction of sp³-hybridized carbons (Fsp3) is 0.611. The van der Waals surface area contributed by atoms with E-state index in [0.29, 0.717) is 24.8 Å². The first-order valence-corrected chi connectivity index (χ1v) is 9.24. The molecule has 0 radical (unpaired) electrons. The number of para-hydroxylation sites is 1. The van der Waals surface area contributed by atoms with Crippen LogP contribution in [0.15, 0.2) is 28.7 Å². The van der Waals surface area contributed by atoms with Crippen molar-refractivity contribution in [2.24, 2.45) is 11.8 Å². The van der Waals surface area contributed by atoms with Gasteiger partial charge in [-0.15, -0.1) is 12.4 Å². The number of nitrogens with one attached hydrogen (secondary N) is 2. The number of benzene rings is 1. The molecule has 1 aromatic carbocycles. The van der Waals surface area contributed by atoms with E-state index in [4.69, 9.17) is 4.74 Å². The molecule has 2 N–H and O–H groups in total. The number of ether oxygens (including phenoxy) is 1. The summed E-state index contributed by atoms with van der Waals surface area (Å²) in [5, 5.41) is 6.41. The van der Waals surface area contributed by atoms with Gasteiger partial charge in [-0.1, -0.05) is 19.1 Å². The number of rotatable bonds is 7. The second-order valence-electron chi connectivity index (χ2n) is 6.45. The summed E-state index contributed by atoms with van der Waals surface area (Å²) in [6.07, 6.45) is 2.97. The molecule has 1 amide bonds. The number of hydrogen-bond donors (Lipinski definition) is 2. The molecular formula is C18H28BrClN2O2. The minimum Gasteiger partial charge on any atom is -0.488 e. The van der Waals surface area contributed by atoms with E-state index in [1.165, 1.54) is 12.8 Å². The zero-order valence-corrected chi connectivity index (χ0v) is 16.8. The third-order valence-corrected chi connectivity index (χ3v) is 5.05. The molecule has 0 saturated carbocycles. The first-order chi connectivity index (χ1) is 11.1. The van der Waals surface area contributed by atoms with Crippen molar-refractivity contribution in [3.8, 4) is 5.75 Å². The maximum atomic E-state index is 12.1. The third-order valence-electron chi connectivity index (χ3n) is 4.40. The Bertz CT molecular complexity index is 510. The minimum absolute atomic E-state index is 0. The van der Waals surface area contributed by atoms with Crippen LogP contribution in [0.1, 0.15) is 33.1 Å². The lowest BCUT2D eigenvalue weighted by Crippen LogP contribution is -2.37. The van der Waals surface area contributed by atoms with Crippen LogP contribution in [0.3, 0.4) is 0 Å². The smallest absolute Gasteiger partial charge is 0.220 e. The van der Waals surface area contributed by atoms with E-state index in [1.54, 1.807) is 0 Å². The van der Waals surface area contributed by atoms with Crippen LogP contribution < -0.4 is 15.4 Å². The normalized spacial score (nSPS) is 19.7. The highest BCUT2D eigenvalue weighted by Gasteiger charge is 2.22. The molecule has 0 spiro atoms. The van der Waals surface area contributed by atoms with Crippen LogP contribution in [0.5, 0.6) is 5.75 Å². The van der Waals surface area contributed by atoms with Gasteiger partial charge in [0.05, 0.1) is 11.0 Å². The lowest BCUT2D eigenvalue weighted by Gasteiger charge is -2.28. The van der Waals surface area contributed by atoms with Gasteiger partial charge >= 0.3 is 0 Å². The highest BCUT2D eigenvalue weighted by molar-refractivity contribution is 9.10. The van der Waals surface area contributed by atoms with E-state index in [9.17, 15) is 4.79 Å². The molecule has 1 saturated heterocycles. The van der Waals surface area contributed by atoms with Crippen LogP contribution in [0.4, 0.5) is 0 Å². The molecule has 3 unspecified atom stereocenters. The Balaban J connectivity index is 0.00000288. The summed E-state index contributed by atoms with van der Waals surface area (Å²) in [6, 6.07) is 7.75. The van der Waals surface area contributed by atoms with Crippen LogP contribution in [0, 0.1) is 11.8 Å². The maximum absolute atomic E-state index is 12.1. The zero-order valence-electron chi connectivity index (χ0n) is 14.4. The van der Waals surface area contributed by atoms with Gasteiger partial charge in [0.15, 0.2) is 0 Å². The zero-order chi connectivity index (χ0) is 16.7. The summed E-state index contributed by atoms with van der Waals surface area (Å²) in [5.74, 6) is 1.95. The van der Waals surface area contributed by atoms with Crippen LogP contribution in [0.25, 0.3) is 0 Å². The summed E-state index contributed by atoms with van der Waals surface area (Å²) < 4.78 is 6.77. The SMILES string of the molecule is CC(CNC(=O)CC(C)C1CCCNC1)Oc1ccccc1Br.Cl. The molecule has 1 aromatic rings. The number of halogens is 2. The average molecular weight is 420 g/mol. The summed E-state index contributed by atoms with van der Waals surface area (Å²) in [5.41, 5.74) is 0. The van der Waals surface area contributed by atoms with E-state index >= 15 is 0 Å². The summed E-state index contributed by atoms with van der Waals surface area (Å²) in [6.45, 7) is 6.82. The van der Waals surface area contributed by atoms with Crippen molar-refractivity contribution in [1.82, 2.24) is 10.6 Å². The molecule has 3 atom stereocenters. The molecule has 0 bridgehead atoms. The van der Waals surface area contributed by atoms with Gasteiger partial charge in [0.2, 0.25) is 5.91 Å². The van der Waals surface area contributed by atoms with Crippen LogP contribution in [-0.4, -0.2) is 31.6 Å². The summed E-state index contributed by atoms with van der Waals surface area (Å²) >= 11 is 3.46. The van der Waals surface area contributed by atoms with Gasteiger partial charge < -0.3 is 15.4 Å². The molecular weight excluding hydrogens is 392 g/mol. The molecule has 24 heavy (non-hydrogen) atoms. The maximum Gasteiger partial charge on any atom is 0.220 e. The summed E-state index contributed by atoms with van der Waals surface area (Å²) in [7, 11) is 0. The topological polar surface area (TPSA) is 50.4 Å². The highest BCUT2D eigenvalue weighted by Crippen LogP contribution is 2.25. The van der Waals surface area contributed by atoms with Gasteiger partial charge in [-0.25, -0.2) is 0 Å². The Morgan fingerprint density at radius 3 is 2.83 bits per heavy atom. The van der Waals surface area contributed by atoms with Crippen molar-refractivity contribution in [2.75, 3.05) is 19.6 Å². The van der Waals surface area contributed by atoms with Crippen molar-refractivity contribution in [3.05, 3.63) is 28.7 Å². The van der Waals surface area contributed by atoms with Gasteiger partial charge in [0, 0.05) is 6.42 Å². The Morgan fingerprint density at radius 1 is 1.42 bits per heavy atom. The van der Waals surface area contributed by atoms with E-state index < -0.39 is 0 Å². The van der Waals surface area contributed by atoms with E-state index in [2.05, 4.69) is 33.5 Å². The molecule has 4 nitrogen and oxygen atoms in total. The highest BCUT2D eigenvalue weighted by atomic mass is 79.9. The second kappa shape index (κ2) is 11.0. The van der Waals surface area contributed by atoms with Crippen molar-refractivity contribution < 1.29 is 9.53 Å². The molecule has 136 valence electrons. The van der Waals surface area contributed by atoms with Crippen molar-refractivity contribution in [2.45, 2.75) is 39.2 Å². The van der Waals surface area contributed by atoms with Crippen LogP contribution in [0.2, 0.25) is 0 Å². The lowest BCUT2D eigenvalue weighted by atomic mass is 9.85. The molecule has 0 aromatic heterocycles. The molecule has 1 aliphatic heterocycles. The molecule has 2 rings (SSSR count). The Kier molecular flexibility index (Phi) is 9.71. The average Bonchev–Trinajstić information content (AvgIpc) is 2.56. The number of carbonyl (C=O) groups excluding carboxylic acids is 1. The standard InChI is InChI=1S/C18H27BrN2O2.ClH/c1-13(15-6-5-9-20-12-15)10-18(22)21-11-14(2)23-17-8-4-3-7-16(17)19;/h3-4,7-8,13-15,20H,5-6,9-12H2,1-2H3,(H,21,22);1H.